The van der Waals surface area contributed by atoms with Gasteiger partial charge in [0.25, 0.3) is 5.91 Å². The molecule has 6 heteroatoms. The number of ether oxygens (including phenoxy) is 1. The molecule has 116 valence electrons. The first-order valence-corrected chi connectivity index (χ1v) is 8.20. The van der Waals surface area contributed by atoms with Gasteiger partial charge in [-0.15, -0.1) is 11.3 Å². The summed E-state index contributed by atoms with van der Waals surface area (Å²) < 4.78 is 5.22. The van der Waals surface area contributed by atoms with Gasteiger partial charge >= 0.3 is 0 Å². The molecular weight excluding hydrogens is 288 g/mol. The molecule has 2 rings (SSSR count). The van der Waals surface area contributed by atoms with Gasteiger partial charge in [0.05, 0.1) is 9.88 Å². The fourth-order valence-corrected chi connectivity index (χ4v) is 2.93. The van der Waals surface area contributed by atoms with Gasteiger partial charge in [0.2, 0.25) is 5.91 Å². The number of aryl methyl sites for hydroxylation is 1. The molecule has 0 bridgehead atoms. The number of anilines is 1. The molecule has 1 saturated carbocycles. The smallest absolute Gasteiger partial charge is 0.261 e. The lowest BCUT2D eigenvalue weighted by Crippen LogP contribution is -2.25. The van der Waals surface area contributed by atoms with Gasteiger partial charge in [0.1, 0.15) is 0 Å². The molecule has 1 fully saturated rings. The SMILES string of the molecule is CCOCCCNC(=O)c1sc(NC(=O)C2CC2)cc1C. The van der Waals surface area contributed by atoms with Crippen molar-refractivity contribution in [1.82, 2.24) is 5.32 Å². The van der Waals surface area contributed by atoms with Crippen LogP contribution in [0.25, 0.3) is 0 Å². The molecular formula is C15H22N2O3S. The van der Waals surface area contributed by atoms with Crippen molar-refractivity contribution in [1.29, 1.82) is 0 Å². The second-order valence-corrected chi connectivity index (χ2v) is 6.24. The number of amides is 2. The number of carbonyl (C=O) groups excluding carboxylic acids is 2. The van der Waals surface area contributed by atoms with Crippen molar-refractivity contribution in [2.24, 2.45) is 5.92 Å². The minimum absolute atomic E-state index is 0.0694. The largest absolute Gasteiger partial charge is 0.382 e. The highest BCUT2D eigenvalue weighted by molar-refractivity contribution is 7.18. The van der Waals surface area contributed by atoms with Gasteiger partial charge in [-0.1, -0.05) is 0 Å². The highest BCUT2D eigenvalue weighted by Crippen LogP contribution is 2.32. The second-order valence-electron chi connectivity index (χ2n) is 5.19. The van der Waals surface area contributed by atoms with Crippen LogP contribution in [0, 0.1) is 12.8 Å². The molecule has 2 N–H and O–H groups in total. The molecule has 0 aromatic carbocycles. The predicted molar refractivity (Wildman–Crippen MR) is 83.9 cm³/mol. The van der Waals surface area contributed by atoms with Crippen LogP contribution in [0.1, 0.15) is 41.4 Å². The number of hydrogen-bond acceptors (Lipinski definition) is 4. The van der Waals surface area contributed by atoms with Crippen LogP contribution in [0.3, 0.4) is 0 Å². The maximum atomic E-state index is 12.1. The minimum Gasteiger partial charge on any atom is -0.382 e. The van der Waals surface area contributed by atoms with Crippen LogP contribution < -0.4 is 10.6 Å². The molecule has 0 spiro atoms. The molecule has 1 aliphatic rings. The monoisotopic (exact) mass is 310 g/mol. The van der Waals surface area contributed by atoms with Gasteiger partial charge in [-0.05, 0) is 44.7 Å². The fraction of sp³-hybridized carbons (Fsp3) is 0.600. The molecule has 0 atom stereocenters. The summed E-state index contributed by atoms with van der Waals surface area (Å²) in [6, 6.07) is 1.86. The Kier molecular flexibility index (Phi) is 5.76. The summed E-state index contributed by atoms with van der Waals surface area (Å²) >= 11 is 1.33. The first-order valence-electron chi connectivity index (χ1n) is 7.39. The predicted octanol–water partition coefficient (Wildman–Crippen LogP) is 2.56. The Morgan fingerprint density at radius 3 is 2.86 bits per heavy atom. The number of rotatable bonds is 8. The number of thiophene rings is 1. The first-order chi connectivity index (χ1) is 10.1. The Balaban J connectivity index is 1.82. The zero-order chi connectivity index (χ0) is 15.2. The summed E-state index contributed by atoms with van der Waals surface area (Å²) in [5.41, 5.74) is 0.897. The van der Waals surface area contributed by atoms with E-state index in [9.17, 15) is 9.59 Å². The summed E-state index contributed by atoms with van der Waals surface area (Å²) in [5, 5.41) is 6.52. The van der Waals surface area contributed by atoms with E-state index in [0.717, 1.165) is 29.8 Å². The zero-order valence-electron chi connectivity index (χ0n) is 12.5. The third-order valence-corrected chi connectivity index (χ3v) is 4.42. The number of nitrogens with one attached hydrogen (secondary N) is 2. The van der Waals surface area contributed by atoms with E-state index >= 15 is 0 Å². The summed E-state index contributed by atoms with van der Waals surface area (Å²) in [5.74, 6) is 0.157. The third kappa shape index (κ3) is 4.82. The van der Waals surface area contributed by atoms with Crippen molar-refractivity contribution >= 4 is 28.2 Å². The van der Waals surface area contributed by atoms with E-state index < -0.39 is 0 Å². The summed E-state index contributed by atoms with van der Waals surface area (Å²) in [6.07, 6.45) is 2.75. The molecule has 0 saturated heterocycles. The van der Waals surface area contributed by atoms with Crippen LogP contribution in [0.4, 0.5) is 5.00 Å². The first kappa shape index (κ1) is 16.0. The Bertz CT molecular complexity index is 509. The highest BCUT2D eigenvalue weighted by Gasteiger charge is 2.30. The van der Waals surface area contributed by atoms with E-state index in [1.807, 2.05) is 19.9 Å². The summed E-state index contributed by atoms with van der Waals surface area (Å²) in [7, 11) is 0. The van der Waals surface area contributed by atoms with Crippen molar-refractivity contribution in [3.05, 3.63) is 16.5 Å². The quantitative estimate of drug-likeness (QED) is 0.725. The number of hydrogen-bond donors (Lipinski definition) is 2. The van der Waals surface area contributed by atoms with Crippen LogP contribution in [-0.4, -0.2) is 31.6 Å². The zero-order valence-corrected chi connectivity index (χ0v) is 13.3. The van der Waals surface area contributed by atoms with Gasteiger partial charge in [0, 0.05) is 25.7 Å². The molecule has 1 aliphatic carbocycles. The lowest BCUT2D eigenvalue weighted by atomic mass is 10.2. The Morgan fingerprint density at radius 1 is 1.43 bits per heavy atom. The van der Waals surface area contributed by atoms with E-state index in [4.69, 9.17) is 4.74 Å². The molecule has 5 nitrogen and oxygen atoms in total. The van der Waals surface area contributed by atoms with Crippen LogP contribution in [-0.2, 0) is 9.53 Å². The van der Waals surface area contributed by atoms with Gasteiger partial charge < -0.3 is 15.4 Å². The summed E-state index contributed by atoms with van der Waals surface area (Å²) in [4.78, 5) is 24.5. The molecule has 0 unspecified atom stereocenters. The van der Waals surface area contributed by atoms with Crippen molar-refractivity contribution < 1.29 is 14.3 Å². The van der Waals surface area contributed by atoms with Gasteiger partial charge in [-0.3, -0.25) is 9.59 Å². The lowest BCUT2D eigenvalue weighted by molar-refractivity contribution is -0.117. The van der Waals surface area contributed by atoms with Crippen LogP contribution in [0.2, 0.25) is 0 Å². The highest BCUT2D eigenvalue weighted by atomic mass is 32.1. The maximum absolute atomic E-state index is 12.1. The Labute approximate surface area is 129 Å². The second kappa shape index (κ2) is 7.56. The molecule has 1 aromatic rings. The van der Waals surface area contributed by atoms with Crippen molar-refractivity contribution in [2.75, 3.05) is 25.1 Å². The van der Waals surface area contributed by atoms with E-state index in [-0.39, 0.29) is 17.7 Å². The average molecular weight is 310 g/mol. The lowest BCUT2D eigenvalue weighted by Gasteiger charge is -2.04. The third-order valence-electron chi connectivity index (χ3n) is 3.27. The Morgan fingerprint density at radius 2 is 2.19 bits per heavy atom. The van der Waals surface area contributed by atoms with Crippen LogP contribution >= 0.6 is 11.3 Å². The summed E-state index contributed by atoms with van der Waals surface area (Å²) in [6.45, 7) is 5.79. The van der Waals surface area contributed by atoms with Crippen molar-refractivity contribution in [3.63, 3.8) is 0 Å². The fourth-order valence-electron chi connectivity index (χ4n) is 1.94. The van der Waals surface area contributed by atoms with Gasteiger partial charge in [0.15, 0.2) is 0 Å². The normalized spacial score (nSPS) is 14.0. The minimum atomic E-state index is -0.0825. The molecule has 0 aliphatic heterocycles. The standard InChI is InChI=1S/C15H22N2O3S/c1-3-20-8-4-7-16-15(19)13-10(2)9-12(21-13)17-14(18)11-5-6-11/h9,11H,3-8H2,1-2H3,(H,16,19)(H,17,18). The van der Waals surface area contributed by atoms with E-state index in [1.165, 1.54) is 11.3 Å². The van der Waals surface area contributed by atoms with Gasteiger partial charge in [-0.25, -0.2) is 0 Å². The molecule has 1 heterocycles. The topological polar surface area (TPSA) is 67.4 Å². The number of carbonyl (C=O) groups is 2. The van der Waals surface area contributed by atoms with Gasteiger partial charge in [-0.2, -0.15) is 0 Å². The van der Waals surface area contributed by atoms with E-state index in [0.29, 0.717) is 24.6 Å². The molecule has 1 aromatic heterocycles. The maximum Gasteiger partial charge on any atom is 0.261 e. The van der Waals surface area contributed by atoms with Crippen LogP contribution in [0.5, 0.6) is 0 Å². The van der Waals surface area contributed by atoms with E-state index in [2.05, 4.69) is 10.6 Å². The molecule has 2 amide bonds. The Hall–Kier alpha value is -1.40. The average Bonchev–Trinajstić information content (AvgIpc) is 3.23. The van der Waals surface area contributed by atoms with Crippen molar-refractivity contribution in [2.45, 2.75) is 33.1 Å². The molecule has 0 radical (unpaired) electrons. The van der Waals surface area contributed by atoms with E-state index in [1.54, 1.807) is 0 Å². The van der Waals surface area contributed by atoms with Crippen molar-refractivity contribution in [3.8, 4) is 0 Å². The van der Waals surface area contributed by atoms with Crippen LogP contribution in [0.15, 0.2) is 6.07 Å². The molecule has 21 heavy (non-hydrogen) atoms.